The van der Waals surface area contributed by atoms with Crippen molar-refractivity contribution in [1.29, 1.82) is 0 Å². The number of carboxylic acid groups (broad SMARTS) is 1. The van der Waals surface area contributed by atoms with E-state index in [1.165, 1.54) is 18.2 Å². The van der Waals surface area contributed by atoms with Crippen molar-refractivity contribution in [2.75, 3.05) is 0 Å². The maximum Gasteiger partial charge on any atom is 0.308 e. The molecule has 2 atom stereocenters. The van der Waals surface area contributed by atoms with Crippen LogP contribution in [0.4, 0.5) is 5.69 Å². The Bertz CT molecular complexity index is 998. The van der Waals surface area contributed by atoms with Gasteiger partial charge in [0.25, 0.3) is 11.6 Å². The van der Waals surface area contributed by atoms with Gasteiger partial charge in [0.15, 0.2) is 0 Å². The zero-order chi connectivity index (χ0) is 19.8. The number of nitro groups is 1. The van der Waals surface area contributed by atoms with Crippen LogP contribution in [0.15, 0.2) is 29.1 Å². The Hall–Kier alpha value is -3.23. The number of pyridine rings is 1. The van der Waals surface area contributed by atoms with Crippen LogP contribution in [0.3, 0.4) is 0 Å². The standard InChI is InChI=1S/C18H19N3O6/c1-18(7-3-2-4-13(18)17(24)25)20-16(23)12-9-15(22)19-14-6-5-10(21(26)27)8-11(12)14/h5-6,8-9,13H,2-4,7H2,1H3,(H,19,22)(H,20,23)(H,24,25). The molecule has 3 rings (SSSR count). The van der Waals surface area contributed by atoms with Gasteiger partial charge in [0, 0.05) is 29.1 Å². The van der Waals surface area contributed by atoms with Crippen LogP contribution in [0, 0.1) is 16.0 Å². The fraction of sp³-hybridized carbons (Fsp3) is 0.389. The summed E-state index contributed by atoms with van der Waals surface area (Å²) >= 11 is 0. The largest absolute Gasteiger partial charge is 0.481 e. The fourth-order valence-corrected chi connectivity index (χ4v) is 3.75. The number of benzene rings is 1. The molecule has 9 nitrogen and oxygen atoms in total. The first-order valence-electron chi connectivity index (χ1n) is 8.58. The van der Waals surface area contributed by atoms with Gasteiger partial charge in [0.05, 0.1) is 21.9 Å². The van der Waals surface area contributed by atoms with E-state index < -0.39 is 33.8 Å². The van der Waals surface area contributed by atoms with Crippen LogP contribution in [0.1, 0.15) is 43.0 Å². The molecule has 0 bridgehead atoms. The second-order valence-corrected chi connectivity index (χ2v) is 7.04. The van der Waals surface area contributed by atoms with Gasteiger partial charge in [-0.3, -0.25) is 24.5 Å². The normalized spacial score (nSPS) is 22.3. The number of rotatable bonds is 4. The highest BCUT2D eigenvalue weighted by atomic mass is 16.6. The van der Waals surface area contributed by atoms with Crippen molar-refractivity contribution in [3.63, 3.8) is 0 Å². The molecule has 1 amide bonds. The van der Waals surface area contributed by atoms with Gasteiger partial charge >= 0.3 is 5.97 Å². The molecular formula is C18H19N3O6. The van der Waals surface area contributed by atoms with Crippen molar-refractivity contribution in [2.45, 2.75) is 38.1 Å². The number of aromatic amines is 1. The van der Waals surface area contributed by atoms with Gasteiger partial charge in [0.2, 0.25) is 5.56 Å². The van der Waals surface area contributed by atoms with Crippen LogP contribution in [0.5, 0.6) is 0 Å². The van der Waals surface area contributed by atoms with Crippen LogP contribution < -0.4 is 10.9 Å². The molecule has 2 aromatic rings. The van der Waals surface area contributed by atoms with E-state index in [4.69, 9.17) is 0 Å². The highest BCUT2D eigenvalue weighted by molar-refractivity contribution is 6.06. The number of fused-ring (bicyclic) bond motifs is 1. The fourth-order valence-electron chi connectivity index (χ4n) is 3.75. The molecule has 142 valence electrons. The molecule has 9 heteroatoms. The van der Waals surface area contributed by atoms with E-state index in [1.807, 2.05) is 0 Å². The third-order valence-electron chi connectivity index (χ3n) is 5.19. The second kappa shape index (κ2) is 6.82. The molecule has 27 heavy (non-hydrogen) atoms. The van der Waals surface area contributed by atoms with Gasteiger partial charge in [-0.15, -0.1) is 0 Å². The molecule has 0 spiro atoms. The number of carbonyl (C=O) groups is 2. The Labute approximate surface area is 153 Å². The summed E-state index contributed by atoms with van der Waals surface area (Å²) in [6, 6.07) is 4.90. The van der Waals surface area contributed by atoms with Gasteiger partial charge in [-0.25, -0.2) is 0 Å². The predicted octanol–water partition coefficient (Wildman–Crippen LogP) is 2.20. The number of carboxylic acids is 1. The number of nitrogens with zero attached hydrogens (tertiary/aromatic N) is 1. The molecule has 2 unspecified atom stereocenters. The first-order chi connectivity index (χ1) is 12.7. The average Bonchev–Trinajstić information content (AvgIpc) is 2.60. The minimum Gasteiger partial charge on any atom is -0.481 e. The molecule has 1 aliphatic carbocycles. The van der Waals surface area contributed by atoms with Crippen LogP contribution >= 0.6 is 0 Å². The van der Waals surface area contributed by atoms with E-state index >= 15 is 0 Å². The maximum atomic E-state index is 12.9. The van der Waals surface area contributed by atoms with E-state index in [0.717, 1.165) is 18.9 Å². The number of H-pyrrole nitrogens is 1. The summed E-state index contributed by atoms with van der Waals surface area (Å²) in [6.07, 6.45) is 2.50. The predicted molar refractivity (Wildman–Crippen MR) is 96.7 cm³/mol. The molecule has 0 saturated heterocycles. The first kappa shape index (κ1) is 18.6. The number of nitro benzene ring substituents is 1. The Morgan fingerprint density at radius 2 is 2.07 bits per heavy atom. The van der Waals surface area contributed by atoms with Gasteiger partial charge in [0.1, 0.15) is 0 Å². The summed E-state index contributed by atoms with van der Waals surface area (Å²) < 4.78 is 0. The van der Waals surface area contributed by atoms with Gasteiger partial charge in [-0.05, 0) is 25.8 Å². The zero-order valence-electron chi connectivity index (χ0n) is 14.7. The number of nitrogens with one attached hydrogen (secondary N) is 2. The number of aromatic nitrogens is 1. The van der Waals surface area contributed by atoms with Crippen LogP contribution in [0.25, 0.3) is 10.9 Å². The van der Waals surface area contributed by atoms with Crippen molar-refractivity contribution in [1.82, 2.24) is 10.3 Å². The lowest BCUT2D eigenvalue weighted by Crippen LogP contribution is -2.55. The lowest BCUT2D eigenvalue weighted by molar-refractivity contribution is -0.384. The topological polar surface area (TPSA) is 142 Å². The summed E-state index contributed by atoms with van der Waals surface area (Å²) in [5.41, 5.74) is -1.42. The third-order valence-corrected chi connectivity index (χ3v) is 5.19. The number of hydrogen-bond acceptors (Lipinski definition) is 5. The molecule has 1 fully saturated rings. The summed E-state index contributed by atoms with van der Waals surface area (Å²) in [4.78, 5) is 49.4. The summed E-state index contributed by atoms with van der Waals surface area (Å²) in [6.45, 7) is 1.68. The smallest absolute Gasteiger partial charge is 0.308 e. The first-order valence-corrected chi connectivity index (χ1v) is 8.58. The highest BCUT2D eigenvalue weighted by Gasteiger charge is 2.42. The molecule has 0 aliphatic heterocycles. The molecule has 0 radical (unpaired) electrons. The molecule has 1 aromatic carbocycles. The lowest BCUT2D eigenvalue weighted by atomic mass is 9.73. The summed E-state index contributed by atoms with van der Waals surface area (Å²) in [5, 5.41) is 23.5. The molecular weight excluding hydrogens is 354 g/mol. The van der Waals surface area contributed by atoms with E-state index in [9.17, 15) is 29.6 Å². The van der Waals surface area contributed by atoms with Crippen molar-refractivity contribution < 1.29 is 19.6 Å². The Kier molecular flexibility index (Phi) is 4.69. The van der Waals surface area contributed by atoms with Gasteiger partial charge in [-0.1, -0.05) is 12.8 Å². The number of hydrogen-bond donors (Lipinski definition) is 3. The SMILES string of the molecule is CC1(NC(=O)c2cc(=O)[nH]c3ccc([N+](=O)[O-])cc23)CCCCC1C(=O)O. The zero-order valence-corrected chi connectivity index (χ0v) is 14.7. The van der Waals surface area contributed by atoms with Gasteiger partial charge in [-0.2, -0.15) is 0 Å². The molecule has 3 N–H and O–H groups in total. The summed E-state index contributed by atoms with van der Waals surface area (Å²) in [7, 11) is 0. The van der Waals surface area contributed by atoms with E-state index in [0.29, 0.717) is 18.4 Å². The van der Waals surface area contributed by atoms with E-state index in [2.05, 4.69) is 10.3 Å². The molecule has 1 aromatic heterocycles. The van der Waals surface area contributed by atoms with Crippen molar-refractivity contribution in [3.8, 4) is 0 Å². The Balaban J connectivity index is 2.04. The summed E-state index contributed by atoms with van der Waals surface area (Å²) in [5.74, 6) is -2.34. The van der Waals surface area contributed by atoms with Crippen molar-refractivity contribution in [2.24, 2.45) is 5.92 Å². The molecule has 1 aliphatic rings. The average molecular weight is 373 g/mol. The maximum absolute atomic E-state index is 12.9. The highest BCUT2D eigenvalue weighted by Crippen LogP contribution is 2.34. The molecule has 1 saturated carbocycles. The Morgan fingerprint density at radius 3 is 2.74 bits per heavy atom. The number of aliphatic carboxylic acids is 1. The minimum atomic E-state index is -0.982. The van der Waals surface area contributed by atoms with Crippen molar-refractivity contribution in [3.05, 3.63) is 50.3 Å². The molecule has 1 heterocycles. The second-order valence-electron chi connectivity index (χ2n) is 7.04. The number of carbonyl (C=O) groups excluding carboxylic acids is 1. The monoisotopic (exact) mass is 373 g/mol. The lowest BCUT2D eigenvalue weighted by Gasteiger charge is -2.39. The Morgan fingerprint density at radius 1 is 1.33 bits per heavy atom. The quantitative estimate of drug-likeness (QED) is 0.554. The van der Waals surface area contributed by atoms with Crippen molar-refractivity contribution >= 4 is 28.5 Å². The number of amides is 1. The van der Waals surface area contributed by atoms with Gasteiger partial charge < -0.3 is 15.4 Å². The minimum absolute atomic E-state index is 0.0200. The van der Waals surface area contributed by atoms with Crippen LogP contribution in [-0.2, 0) is 4.79 Å². The van der Waals surface area contributed by atoms with E-state index in [1.54, 1.807) is 6.92 Å². The third kappa shape index (κ3) is 3.53. The van der Waals surface area contributed by atoms with E-state index in [-0.39, 0.29) is 16.6 Å². The number of non-ortho nitro benzene ring substituents is 1. The van der Waals surface area contributed by atoms with Crippen LogP contribution in [0.2, 0.25) is 0 Å². The van der Waals surface area contributed by atoms with Crippen LogP contribution in [-0.4, -0.2) is 32.4 Å².